The summed E-state index contributed by atoms with van der Waals surface area (Å²) in [7, 11) is 0. The third-order valence-electron chi connectivity index (χ3n) is 3.22. The Kier molecular flexibility index (Phi) is 3.36. The van der Waals surface area contributed by atoms with Crippen LogP contribution in [0.15, 0.2) is 51.6 Å². The molecule has 0 atom stereocenters. The molecule has 2 aromatic heterocycles. The molecule has 2 N–H and O–H groups in total. The van der Waals surface area contributed by atoms with Crippen LogP contribution >= 0.6 is 15.9 Å². The molecule has 0 fully saturated rings. The van der Waals surface area contributed by atoms with E-state index in [1.165, 1.54) is 11.1 Å². The quantitative estimate of drug-likeness (QED) is 0.793. The molecule has 0 amide bonds. The predicted molar refractivity (Wildman–Crippen MR) is 82.3 cm³/mol. The van der Waals surface area contributed by atoms with Crippen LogP contribution in [0.2, 0.25) is 0 Å². The summed E-state index contributed by atoms with van der Waals surface area (Å²) in [5, 5.41) is 4.51. The first-order valence-corrected chi connectivity index (χ1v) is 7.06. The summed E-state index contributed by atoms with van der Waals surface area (Å²) in [6, 6.07) is 13.7. The Balaban J connectivity index is 1.92. The molecule has 0 aliphatic heterocycles. The molecular weight excluding hydrogens is 318 g/mol. The van der Waals surface area contributed by atoms with Crippen LogP contribution in [-0.2, 0) is 6.54 Å². The van der Waals surface area contributed by atoms with Gasteiger partial charge in [0.15, 0.2) is 10.4 Å². The number of aromatic nitrogens is 2. The molecular formula is C15H14BrN3O. The van der Waals surface area contributed by atoms with Gasteiger partial charge >= 0.3 is 0 Å². The number of hydrogen-bond donors (Lipinski definition) is 1. The molecule has 0 saturated heterocycles. The lowest BCUT2D eigenvalue weighted by Gasteiger charge is -2.06. The van der Waals surface area contributed by atoms with Gasteiger partial charge < -0.3 is 10.2 Å². The number of benzene rings is 1. The maximum Gasteiger partial charge on any atom is 0.169 e. The van der Waals surface area contributed by atoms with Gasteiger partial charge in [0.05, 0.1) is 6.54 Å². The highest BCUT2D eigenvalue weighted by atomic mass is 79.9. The molecule has 20 heavy (non-hydrogen) atoms. The normalized spacial score (nSPS) is 10.9. The number of anilines is 1. The Morgan fingerprint density at radius 1 is 1.25 bits per heavy atom. The first kappa shape index (κ1) is 13.0. The van der Waals surface area contributed by atoms with Gasteiger partial charge in [-0.05, 0) is 46.1 Å². The summed E-state index contributed by atoms with van der Waals surface area (Å²) in [4.78, 5) is 0. The number of nitrogens with zero attached hydrogens (tertiary/aromatic N) is 2. The average Bonchev–Trinajstić information content (AvgIpc) is 2.99. The van der Waals surface area contributed by atoms with Crippen molar-refractivity contribution in [3.63, 3.8) is 0 Å². The molecule has 102 valence electrons. The van der Waals surface area contributed by atoms with Gasteiger partial charge in [-0.15, -0.1) is 0 Å². The number of nitrogen functional groups attached to an aromatic ring is 1. The van der Waals surface area contributed by atoms with Gasteiger partial charge in [0.2, 0.25) is 0 Å². The van der Waals surface area contributed by atoms with Crippen molar-refractivity contribution in [3.05, 3.63) is 58.3 Å². The SMILES string of the molecule is Cc1ccccc1Cn1nc(-c2ccc(Br)o2)cc1N. The lowest BCUT2D eigenvalue weighted by molar-refractivity contribution is 0.551. The van der Waals surface area contributed by atoms with E-state index in [-0.39, 0.29) is 0 Å². The Morgan fingerprint density at radius 2 is 2.05 bits per heavy atom. The number of aryl methyl sites for hydroxylation is 1. The van der Waals surface area contributed by atoms with Gasteiger partial charge in [-0.25, -0.2) is 4.68 Å². The molecule has 0 aliphatic carbocycles. The number of nitrogens with two attached hydrogens (primary N) is 1. The van der Waals surface area contributed by atoms with Crippen molar-refractivity contribution in [2.24, 2.45) is 0 Å². The summed E-state index contributed by atoms with van der Waals surface area (Å²) in [5.74, 6) is 1.32. The van der Waals surface area contributed by atoms with E-state index in [4.69, 9.17) is 10.2 Å². The minimum atomic E-state index is 0.621. The van der Waals surface area contributed by atoms with Crippen LogP contribution in [0.4, 0.5) is 5.82 Å². The van der Waals surface area contributed by atoms with E-state index in [1.807, 2.05) is 30.3 Å². The summed E-state index contributed by atoms with van der Waals surface area (Å²) in [6.45, 7) is 2.74. The van der Waals surface area contributed by atoms with Gasteiger partial charge in [-0.1, -0.05) is 24.3 Å². The first-order valence-electron chi connectivity index (χ1n) is 6.27. The van der Waals surface area contributed by atoms with E-state index < -0.39 is 0 Å². The zero-order valence-corrected chi connectivity index (χ0v) is 12.6. The van der Waals surface area contributed by atoms with Crippen molar-refractivity contribution in [3.8, 4) is 11.5 Å². The van der Waals surface area contributed by atoms with Gasteiger partial charge in [0.1, 0.15) is 11.5 Å². The van der Waals surface area contributed by atoms with Crippen molar-refractivity contribution in [1.29, 1.82) is 0 Å². The second kappa shape index (κ2) is 5.17. The molecule has 3 rings (SSSR count). The van der Waals surface area contributed by atoms with Gasteiger partial charge in [0.25, 0.3) is 0 Å². The highest BCUT2D eigenvalue weighted by Gasteiger charge is 2.11. The fraction of sp³-hybridized carbons (Fsp3) is 0.133. The third kappa shape index (κ3) is 2.49. The summed E-state index contributed by atoms with van der Waals surface area (Å²) in [6.07, 6.45) is 0. The van der Waals surface area contributed by atoms with E-state index in [1.54, 1.807) is 4.68 Å². The molecule has 2 heterocycles. The highest BCUT2D eigenvalue weighted by molar-refractivity contribution is 9.10. The number of furan rings is 1. The Morgan fingerprint density at radius 3 is 2.75 bits per heavy atom. The second-order valence-corrected chi connectivity index (χ2v) is 5.42. The number of halogens is 1. The van der Waals surface area contributed by atoms with Crippen molar-refractivity contribution >= 4 is 21.7 Å². The van der Waals surface area contributed by atoms with Crippen molar-refractivity contribution in [2.45, 2.75) is 13.5 Å². The molecule has 5 heteroatoms. The molecule has 0 aliphatic rings. The van der Waals surface area contributed by atoms with Gasteiger partial charge in [-0.2, -0.15) is 5.10 Å². The third-order valence-corrected chi connectivity index (χ3v) is 3.64. The van der Waals surface area contributed by atoms with Crippen LogP contribution < -0.4 is 5.73 Å². The average molecular weight is 332 g/mol. The van der Waals surface area contributed by atoms with E-state index >= 15 is 0 Å². The van der Waals surface area contributed by atoms with Crippen LogP contribution in [-0.4, -0.2) is 9.78 Å². The lowest BCUT2D eigenvalue weighted by atomic mass is 10.1. The van der Waals surface area contributed by atoms with Crippen LogP contribution in [0.25, 0.3) is 11.5 Å². The zero-order valence-electron chi connectivity index (χ0n) is 11.0. The smallest absolute Gasteiger partial charge is 0.169 e. The van der Waals surface area contributed by atoms with Crippen molar-refractivity contribution < 1.29 is 4.42 Å². The minimum Gasteiger partial charge on any atom is -0.448 e. The Bertz CT molecular complexity index is 745. The number of rotatable bonds is 3. The summed E-state index contributed by atoms with van der Waals surface area (Å²) < 4.78 is 7.96. The Hall–Kier alpha value is -2.01. The number of hydrogen-bond acceptors (Lipinski definition) is 3. The van der Waals surface area contributed by atoms with Crippen LogP contribution in [0.5, 0.6) is 0 Å². The molecule has 1 aromatic carbocycles. The van der Waals surface area contributed by atoms with Crippen molar-refractivity contribution in [2.75, 3.05) is 5.73 Å². The topological polar surface area (TPSA) is 57.0 Å². The fourth-order valence-electron chi connectivity index (χ4n) is 2.08. The minimum absolute atomic E-state index is 0.621. The predicted octanol–water partition coefficient (Wildman–Crippen LogP) is 3.84. The Labute approximate surface area is 125 Å². The summed E-state index contributed by atoms with van der Waals surface area (Å²) >= 11 is 3.29. The zero-order chi connectivity index (χ0) is 14.1. The standard InChI is InChI=1S/C15H14BrN3O/c1-10-4-2-3-5-11(10)9-19-15(17)8-12(18-19)13-6-7-14(16)20-13/h2-8H,9,17H2,1H3. The molecule has 0 saturated carbocycles. The molecule has 0 unspecified atom stereocenters. The van der Waals surface area contributed by atoms with E-state index in [2.05, 4.69) is 40.1 Å². The highest BCUT2D eigenvalue weighted by Crippen LogP contribution is 2.25. The van der Waals surface area contributed by atoms with E-state index in [9.17, 15) is 0 Å². The molecule has 0 spiro atoms. The van der Waals surface area contributed by atoms with Crippen molar-refractivity contribution in [1.82, 2.24) is 9.78 Å². The van der Waals surface area contributed by atoms with E-state index in [0.717, 1.165) is 5.69 Å². The van der Waals surface area contributed by atoms with Crippen LogP contribution in [0.3, 0.4) is 0 Å². The molecule has 3 aromatic rings. The monoisotopic (exact) mass is 331 g/mol. The van der Waals surface area contributed by atoms with E-state index in [0.29, 0.717) is 22.8 Å². The first-order chi connectivity index (χ1) is 9.63. The lowest BCUT2D eigenvalue weighted by Crippen LogP contribution is -2.06. The van der Waals surface area contributed by atoms with Gasteiger partial charge in [-0.3, -0.25) is 0 Å². The molecule has 0 bridgehead atoms. The molecule has 4 nitrogen and oxygen atoms in total. The largest absolute Gasteiger partial charge is 0.448 e. The molecule has 0 radical (unpaired) electrons. The van der Waals surface area contributed by atoms with Crippen LogP contribution in [0, 0.1) is 6.92 Å². The second-order valence-electron chi connectivity index (χ2n) is 4.64. The summed E-state index contributed by atoms with van der Waals surface area (Å²) in [5.41, 5.74) is 9.20. The van der Waals surface area contributed by atoms with Crippen LogP contribution in [0.1, 0.15) is 11.1 Å². The maximum atomic E-state index is 6.03. The fourth-order valence-corrected chi connectivity index (χ4v) is 2.39. The maximum absolute atomic E-state index is 6.03. The van der Waals surface area contributed by atoms with Gasteiger partial charge in [0, 0.05) is 6.07 Å².